The van der Waals surface area contributed by atoms with Gasteiger partial charge in [0, 0.05) is 17.8 Å². The van der Waals surface area contributed by atoms with E-state index in [2.05, 4.69) is 4.98 Å². The van der Waals surface area contributed by atoms with Gasteiger partial charge in [0.1, 0.15) is 11.2 Å². The van der Waals surface area contributed by atoms with Crippen molar-refractivity contribution in [3.05, 3.63) is 46.6 Å². The number of nitrogen functional groups attached to an aromatic ring is 1. The van der Waals surface area contributed by atoms with E-state index in [0.29, 0.717) is 22.7 Å². The summed E-state index contributed by atoms with van der Waals surface area (Å²) in [6, 6.07) is 9.78. The highest BCUT2D eigenvalue weighted by atomic mass is 16.3. The fraction of sp³-hybridized carbons (Fsp3) is 0. The van der Waals surface area contributed by atoms with Crippen LogP contribution in [-0.2, 0) is 0 Å². The third-order valence-corrected chi connectivity index (χ3v) is 2.38. The molecule has 3 rings (SSSR count). The van der Waals surface area contributed by atoms with Gasteiger partial charge in [-0.3, -0.25) is 4.79 Å². The molecule has 0 amide bonds. The lowest BCUT2D eigenvalue weighted by Crippen LogP contribution is -1.99. The number of fused-ring (bicyclic) bond motifs is 2. The zero-order chi connectivity index (χ0) is 11.1. The quantitative estimate of drug-likeness (QED) is 0.456. The standard InChI is InChI=1S/C12H8N2O2/c13-7-1-3-9-11(5-7)16-12-6-8(15)2-4-10(12)14-9/h1-6H,13H2. The molecule has 2 N–H and O–H groups in total. The van der Waals surface area contributed by atoms with Crippen molar-refractivity contribution in [2.45, 2.75) is 0 Å². The maximum absolute atomic E-state index is 11.2. The van der Waals surface area contributed by atoms with Gasteiger partial charge in [0.2, 0.25) is 0 Å². The van der Waals surface area contributed by atoms with Crippen molar-refractivity contribution in [3.8, 4) is 11.5 Å². The zero-order valence-electron chi connectivity index (χ0n) is 8.31. The van der Waals surface area contributed by atoms with E-state index in [1.165, 1.54) is 12.1 Å². The molecule has 2 aliphatic rings. The Kier molecular flexibility index (Phi) is 1.71. The molecule has 0 spiro atoms. The number of benzene rings is 2. The Morgan fingerprint density at radius 1 is 1.12 bits per heavy atom. The van der Waals surface area contributed by atoms with Gasteiger partial charge >= 0.3 is 0 Å². The summed E-state index contributed by atoms with van der Waals surface area (Å²) >= 11 is 0. The lowest BCUT2D eigenvalue weighted by Gasteiger charge is -2.05. The fourth-order valence-corrected chi connectivity index (χ4v) is 1.62. The third-order valence-electron chi connectivity index (χ3n) is 2.38. The van der Waals surface area contributed by atoms with Gasteiger partial charge in [-0.1, -0.05) is 0 Å². The highest BCUT2D eigenvalue weighted by molar-refractivity contribution is 5.79. The number of aromatic nitrogens is 1. The molecule has 4 nitrogen and oxygen atoms in total. The molecule has 1 aliphatic carbocycles. The minimum atomic E-state index is -0.0960. The van der Waals surface area contributed by atoms with Crippen LogP contribution < -0.4 is 11.2 Å². The van der Waals surface area contributed by atoms with E-state index >= 15 is 0 Å². The number of anilines is 1. The van der Waals surface area contributed by atoms with E-state index in [9.17, 15) is 4.79 Å². The molecule has 0 atom stereocenters. The van der Waals surface area contributed by atoms with Crippen molar-refractivity contribution >= 4 is 16.8 Å². The molecule has 0 fully saturated rings. The highest BCUT2D eigenvalue weighted by Gasteiger charge is 2.08. The first kappa shape index (κ1) is 8.91. The summed E-state index contributed by atoms with van der Waals surface area (Å²) in [7, 11) is 0. The molecule has 0 aromatic heterocycles. The average molecular weight is 212 g/mol. The highest BCUT2D eigenvalue weighted by Crippen LogP contribution is 2.24. The van der Waals surface area contributed by atoms with Gasteiger partial charge in [0.25, 0.3) is 0 Å². The molecule has 1 aliphatic heterocycles. The molecular weight excluding hydrogens is 204 g/mol. The van der Waals surface area contributed by atoms with Crippen LogP contribution in [0.3, 0.4) is 0 Å². The number of nitrogens with two attached hydrogens (primary N) is 1. The second kappa shape index (κ2) is 3.06. The monoisotopic (exact) mass is 212 g/mol. The number of rotatable bonds is 0. The molecule has 78 valence electrons. The maximum atomic E-state index is 11.2. The molecule has 0 saturated heterocycles. The van der Waals surface area contributed by atoms with E-state index in [-0.39, 0.29) is 5.43 Å². The summed E-state index contributed by atoms with van der Waals surface area (Å²) in [4.78, 5) is 15.5. The molecule has 16 heavy (non-hydrogen) atoms. The van der Waals surface area contributed by atoms with E-state index in [4.69, 9.17) is 10.2 Å². The minimum Gasteiger partial charge on any atom is -0.453 e. The van der Waals surface area contributed by atoms with Crippen LogP contribution in [0.4, 0.5) is 5.69 Å². The smallest absolute Gasteiger partial charge is 0.182 e. The van der Waals surface area contributed by atoms with Gasteiger partial charge in [0.05, 0.1) is 0 Å². The molecule has 1 aromatic carbocycles. The number of nitrogens with zero attached hydrogens (tertiary/aromatic N) is 1. The molecule has 0 bridgehead atoms. The van der Waals surface area contributed by atoms with Gasteiger partial charge < -0.3 is 10.2 Å². The fourth-order valence-electron chi connectivity index (χ4n) is 1.62. The Bertz CT molecular complexity index is 703. The van der Waals surface area contributed by atoms with Crippen LogP contribution in [0.15, 0.2) is 45.6 Å². The molecule has 1 aromatic rings. The first-order valence-corrected chi connectivity index (χ1v) is 4.82. The van der Waals surface area contributed by atoms with Crippen LogP contribution in [0.2, 0.25) is 0 Å². The Hall–Kier alpha value is -2.36. The van der Waals surface area contributed by atoms with Crippen LogP contribution in [0.5, 0.6) is 0 Å². The van der Waals surface area contributed by atoms with Crippen molar-refractivity contribution in [2.75, 3.05) is 5.73 Å². The van der Waals surface area contributed by atoms with Crippen molar-refractivity contribution in [1.29, 1.82) is 0 Å². The first-order valence-electron chi connectivity index (χ1n) is 4.82. The lowest BCUT2D eigenvalue weighted by atomic mass is 10.2. The van der Waals surface area contributed by atoms with Crippen molar-refractivity contribution in [3.63, 3.8) is 0 Å². The average Bonchev–Trinajstić information content (AvgIpc) is 2.26. The van der Waals surface area contributed by atoms with Gasteiger partial charge in [0.15, 0.2) is 16.8 Å². The lowest BCUT2D eigenvalue weighted by molar-refractivity contribution is 0.612. The van der Waals surface area contributed by atoms with Crippen LogP contribution >= 0.6 is 0 Å². The van der Waals surface area contributed by atoms with Crippen LogP contribution in [0.25, 0.3) is 22.6 Å². The zero-order valence-corrected chi connectivity index (χ0v) is 8.31. The van der Waals surface area contributed by atoms with E-state index in [1.54, 1.807) is 24.3 Å². The summed E-state index contributed by atoms with van der Waals surface area (Å²) < 4.78 is 5.57. The summed E-state index contributed by atoms with van der Waals surface area (Å²) in [5.41, 5.74) is 8.13. The largest absolute Gasteiger partial charge is 0.453 e. The summed E-state index contributed by atoms with van der Waals surface area (Å²) in [5.74, 6) is 0.477. The maximum Gasteiger partial charge on any atom is 0.182 e. The van der Waals surface area contributed by atoms with Crippen molar-refractivity contribution in [1.82, 2.24) is 4.98 Å². The second-order valence-corrected chi connectivity index (χ2v) is 3.57. The van der Waals surface area contributed by atoms with Gasteiger partial charge in [-0.25, -0.2) is 4.98 Å². The Labute approximate surface area is 90.7 Å². The molecular formula is C12H8N2O2. The van der Waals surface area contributed by atoms with E-state index in [0.717, 1.165) is 5.52 Å². The van der Waals surface area contributed by atoms with Crippen molar-refractivity contribution in [2.24, 2.45) is 0 Å². The topological polar surface area (TPSA) is 69.1 Å². The normalized spacial score (nSPS) is 11.0. The molecule has 0 saturated carbocycles. The van der Waals surface area contributed by atoms with Crippen LogP contribution in [-0.4, -0.2) is 4.98 Å². The van der Waals surface area contributed by atoms with Gasteiger partial charge in [-0.15, -0.1) is 0 Å². The van der Waals surface area contributed by atoms with Crippen molar-refractivity contribution < 1.29 is 4.42 Å². The third kappa shape index (κ3) is 1.32. The van der Waals surface area contributed by atoms with Crippen LogP contribution in [0, 0.1) is 0 Å². The summed E-state index contributed by atoms with van der Waals surface area (Å²) in [6.45, 7) is 0. The summed E-state index contributed by atoms with van der Waals surface area (Å²) in [6.07, 6.45) is 0. The molecule has 0 unspecified atom stereocenters. The Morgan fingerprint density at radius 2 is 2.00 bits per heavy atom. The molecule has 4 heteroatoms. The van der Waals surface area contributed by atoms with E-state index in [1.807, 2.05) is 0 Å². The second-order valence-electron chi connectivity index (χ2n) is 3.57. The summed E-state index contributed by atoms with van der Waals surface area (Å²) in [5, 5.41) is 0. The minimum absolute atomic E-state index is 0.0960. The van der Waals surface area contributed by atoms with E-state index < -0.39 is 0 Å². The predicted octanol–water partition coefficient (Wildman–Crippen LogP) is 1.88. The predicted molar refractivity (Wildman–Crippen MR) is 61.3 cm³/mol. The Balaban J connectivity index is 2.46. The van der Waals surface area contributed by atoms with Gasteiger partial charge in [-0.05, 0) is 24.3 Å². The Morgan fingerprint density at radius 3 is 2.88 bits per heavy atom. The van der Waals surface area contributed by atoms with Crippen LogP contribution in [0.1, 0.15) is 0 Å². The SMILES string of the molecule is Nc1ccc2nc3ccc(=O)cc-3oc2c1. The number of hydrogen-bond donors (Lipinski definition) is 1. The number of hydrogen-bond acceptors (Lipinski definition) is 4. The molecule has 0 radical (unpaired) electrons. The van der Waals surface area contributed by atoms with Gasteiger partial charge in [-0.2, -0.15) is 0 Å². The first-order chi connectivity index (χ1) is 7.72. The molecule has 1 heterocycles.